The van der Waals surface area contributed by atoms with E-state index < -0.39 is 10.8 Å². The first-order valence-electron chi connectivity index (χ1n) is 11.1. The molecule has 4 rings (SSSR count). The van der Waals surface area contributed by atoms with Gasteiger partial charge >= 0.3 is 0 Å². The lowest BCUT2D eigenvalue weighted by molar-refractivity contribution is 0.672. The number of benzene rings is 4. The average Bonchev–Trinajstić information content (AvgIpc) is 2.77. The van der Waals surface area contributed by atoms with Crippen molar-refractivity contribution in [3.05, 3.63) is 142 Å². The SMILES string of the molecule is Cc1ccc(C(c2cccc(C)c2)S(=O)C(c2ccc(C)cc2)c2cccc(C)c2)cc1. The molecule has 2 heteroatoms. The summed E-state index contributed by atoms with van der Waals surface area (Å²) in [5, 5.41) is -0.440. The number of hydrogen-bond donors (Lipinski definition) is 0. The summed E-state index contributed by atoms with van der Waals surface area (Å²) in [5.41, 5.74) is 9.13. The normalized spacial score (nSPS) is 14.0. The highest BCUT2D eigenvalue weighted by Gasteiger charge is 2.30. The summed E-state index contributed by atoms with van der Waals surface area (Å²) in [6, 6.07) is 33.8. The van der Waals surface area contributed by atoms with Crippen molar-refractivity contribution in [2.24, 2.45) is 0 Å². The maximum atomic E-state index is 14.5. The van der Waals surface area contributed by atoms with E-state index >= 15 is 0 Å². The zero-order valence-corrected chi connectivity index (χ0v) is 20.0. The van der Waals surface area contributed by atoms with Gasteiger partial charge in [-0.25, -0.2) is 0 Å². The molecule has 0 saturated carbocycles. The van der Waals surface area contributed by atoms with Gasteiger partial charge in [0.2, 0.25) is 0 Å². The van der Waals surface area contributed by atoms with Crippen molar-refractivity contribution in [1.82, 2.24) is 0 Å². The fraction of sp³-hybridized carbons (Fsp3) is 0.200. The number of aryl methyl sites for hydroxylation is 4. The predicted molar refractivity (Wildman–Crippen MR) is 137 cm³/mol. The molecule has 0 bridgehead atoms. The Morgan fingerprint density at radius 3 is 1.19 bits per heavy atom. The molecule has 32 heavy (non-hydrogen) atoms. The summed E-state index contributed by atoms with van der Waals surface area (Å²) in [7, 11) is -1.23. The van der Waals surface area contributed by atoms with Crippen LogP contribution in [-0.2, 0) is 10.8 Å². The Kier molecular flexibility index (Phi) is 6.72. The first-order chi connectivity index (χ1) is 15.4. The van der Waals surface area contributed by atoms with Crippen LogP contribution in [0, 0.1) is 27.7 Å². The predicted octanol–water partition coefficient (Wildman–Crippen LogP) is 7.55. The molecule has 4 aromatic rings. The zero-order chi connectivity index (χ0) is 22.7. The van der Waals surface area contributed by atoms with Crippen LogP contribution in [0.15, 0.2) is 97.1 Å². The van der Waals surface area contributed by atoms with Gasteiger partial charge in [-0.15, -0.1) is 0 Å². The quantitative estimate of drug-likeness (QED) is 0.304. The fourth-order valence-corrected chi connectivity index (χ4v) is 6.16. The second-order valence-corrected chi connectivity index (χ2v) is 10.3. The molecule has 0 aliphatic carbocycles. The minimum absolute atomic E-state index is 0.220. The third-order valence-corrected chi connectivity index (χ3v) is 7.93. The van der Waals surface area contributed by atoms with E-state index in [4.69, 9.17) is 0 Å². The van der Waals surface area contributed by atoms with Gasteiger partial charge in [-0.1, -0.05) is 119 Å². The smallest absolute Gasteiger partial charge is 0.0856 e. The van der Waals surface area contributed by atoms with Crippen LogP contribution in [0.25, 0.3) is 0 Å². The highest BCUT2D eigenvalue weighted by Crippen LogP contribution is 2.39. The van der Waals surface area contributed by atoms with E-state index in [-0.39, 0.29) is 10.5 Å². The second kappa shape index (κ2) is 9.67. The molecule has 0 amide bonds. The van der Waals surface area contributed by atoms with Crippen molar-refractivity contribution in [2.45, 2.75) is 38.2 Å². The van der Waals surface area contributed by atoms with Crippen molar-refractivity contribution in [1.29, 1.82) is 0 Å². The number of rotatable bonds is 6. The molecule has 0 aromatic heterocycles. The molecular formula is C30H30OS. The topological polar surface area (TPSA) is 17.1 Å². The molecule has 0 aliphatic heterocycles. The van der Waals surface area contributed by atoms with Crippen LogP contribution >= 0.6 is 0 Å². The van der Waals surface area contributed by atoms with Gasteiger partial charge in [0.25, 0.3) is 0 Å². The van der Waals surface area contributed by atoms with E-state index in [1.807, 2.05) is 0 Å². The Balaban J connectivity index is 1.89. The molecule has 2 unspecified atom stereocenters. The third kappa shape index (κ3) is 4.92. The van der Waals surface area contributed by atoms with Gasteiger partial charge in [0.1, 0.15) is 0 Å². The molecule has 0 aliphatic rings. The molecule has 162 valence electrons. The molecule has 0 saturated heterocycles. The lowest BCUT2D eigenvalue weighted by atomic mass is 10.0. The summed E-state index contributed by atoms with van der Waals surface area (Å²) in [5.74, 6) is 0. The molecule has 4 aromatic carbocycles. The van der Waals surface area contributed by atoms with E-state index in [9.17, 15) is 4.21 Å². The van der Waals surface area contributed by atoms with Crippen molar-refractivity contribution in [2.75, 3.05) is 0 Å². The summed E-state index contributed by atoms with van der Waals surface area (Å²) in [6.07, 6.45) is 0. The summed E-state index contributed by atoms with van der Waals surface area (Å²) >= 11 is 0. The molecule has 0 heterocycles. The van der Waals surface area contributed by atoms with Gasteiger partial charge < -0.3 is 0 Å². The van der Waals surface area contributed by atoms with Gasteiger partial charge in [-0.3, -0.25) is 4.21 Å². The molecule has 1 nitrogen and oxygen atoms in total. The van der Waals surface area contributed by atoms with E-state index in [1.165, 1.54) is 22.3 Å². The molecule has 2 atom stereocenters. The van der Waals surface area contributed by atoms with Crippen molar-refractivity contribution in [3.8, 4) is 0 Å². The van der Waals surface area contributed by atoms with Crippen LogP contribution in [0.5, 0.6) is 0 Å². The van der Waals surface area contributed by atoms with Crippen LogP contribution in [0.2, 0.25) is 0 Å². The first kappa shape index (κ1) is 22.2. The van der Waals surface area contributed by atoms with Gasteiger partial charge in [0.15, 0.2) is 0 Å². The summed E-state index contributed by atoms with van der Waals surface area (Å²) in [4.78, 5) is 0. The minimum Gasteiger partial charge on any atom is -0.258 e. The van der Waals surface area contributed by atoms with Gasteiger partial charge in [0, 0.05) is 10.8 Å². The van der Waals surface area contributed by atoms with Crippen LogP contribution in [0.4, 0.5) is 0 Å². The highest BCUT2D eigenvalue weighted by atomic mass is 32.2. The average molecular weight is 439 g/mol. The van der Waals surface area contributed by atoms with E-state index in [0.29, 0.717) is 0 Å². The zero-order valence-electron chi connectivity index (χ0n) is 19.2. The molecule has 0 radical (unpaired) electrons. The first-order valence-corrected chi connectivity index (χ1v) is 12.4. The van der Waals surface area contributed by atoms with Gasteiger partial charge in [-0.05, 0) is 49.9 Å². The van der Waals surface area contributed by atoms with Crippen LogP contribution in [0.3, 0.4) is 0 Å². The Morgan fingerprint density at radius 2 is 0.844 bits per heavy atom. The van der Waals surface area contributed by atoms with Crippen LogP contribution in [-0.4, -0.2) is 4.21 Å². The maximum absolute atomic E-state index is 14.5. The van der Waals surface area contributed by atoms with Crippen LogP contribution < -0.4 is 0 Å². The fourth-order valence-electron chi connectivity index (χ4n) is 4.21. The largest absolute Gasteiger partial charge is 0.258 e. The van der Waals surface area contributed by atoms with Crippen molar-refractivity contribution in [3.63, 3.8) is 0 Å². The van der Waals surface area contributed by atoms with E-state index in [1.54, 1.807) is 0 Å². The Labute approximate surface area is 194 Å². The van der Waals surface area contributed by atoms with Gasteiger partial charge in [0.05, 0.1) is 10.5 Å². The standard InChI is InChI=1S/C30H30OS/c1-21-11-15-25(16-12-21)29(27-9-5-7-23(3)19-27)32(31)30(26-17-13-22(2)14-18-26)28-10-6-8-24(4)20-28/h5-20,29-30H,1-4H3. The highest BCUT2D eigenvalue weighted by molar-refractivity contribution is 7.86. The lowest BCUT2D eigenvalue weighted by Crippen LogP contribution is -2.17. The van der Waals surface area contributed by atoms with Crippen molar-refractivity contribution < 1.29 is 4.21 Å². The molecule has 0 N–H and O–H groups in total. The molecule has 0 spiro atoms. The monoisotopic (exact) mass is 438 g/mol. The maximum Gasteiger partial charge on any atom is 0.0856 e. The molecular weight excluding hydrogens is 408 g/mol. The van der Waals surface area contributed by atoms with E-state index in [0.717, 1.165) is 22.3 Å². The lowest BCUT2D eigenvalue weighted by Gasteiger charge is -2.26. The second-order valence-electron chi connectivity index (χ2n) is 8.74. The number of hydrogen-bond acceptors (Lipinski definition) is 1. The van der Waals surface area contributed by atoms with Gasteiger partial charge in [-0.2, -0.15) is 0 Å². The van der Waals surface area contributed by atoms with Crippen molar-refractivity contribution >= 4 is 10.8 Å². The Hall–Kier alpha value is -2.97. The summed E-state index contributed by atoms with van der Waals surface area (Å²) in [6.45, 7) is 8.36. The Morgan fingerprint density at radius 1 is 0.469 bits per heavy atom. The minimum atomic E-state index is -1.23. The molecule has 0 fully saturated rings. The van der Waals surface area contributed by atoms with E-state index in [2.05, 4.69) is 125 Å². The van der Waals surface area contributed by atoms with Crippen LogP contribution in [0.1, 0.15) is 55.0 Å². The third-order valence-electron chi connectivity index (χ3n) is 5.91. The summed E-state index contributed by atoms with van der Waals surface area (Å²) < 4.78 is 14.5. The Bertz CT molecular complexity index is 1130.